The number of hydrogen-bond acceptors (Lipinski definition) is 2. The van der Waals surface area contributed by atoms with E-state index in [-0.39, 0.29) is 6.42 Å². The molecule has 0 aromatic rings. The van der Waals surface area contributed by atoms with Gasteiger partial charge in [-0.05, 0) is 12.3 Å². The van der Waals surface area contributed by atoms with Gasteiger partial charge in [0.2, 0.25) is 0 Å². The molecule has 1 saturated heterocycles. The highest BCUT2D eigenvalue weighted by Crippen LogP contribution is 2.16. The van der Waals surface area contributed by atoms with Gasteiger partial charge in [0, 0.05) is 5.48 Å². The van der Waals surface area contributed by atoms with Crippen LogP contribution in [0.2, 0.25) is 0 Å². The zero-order valence-corrected chi connectivity index (χ0v) is 5.33. The lowest BCUT2D eigenvalue weighted by Crippen LogP contribution is -2.01. The van der Waals surface area contributed by atoms with Crippen molar-refractivity contribution in [1.82, 2.24) is 0 Å². The summed E-state index contributed by atoms with van der Waals surface area (Å²) in [4.78, 5) is 0. The Balaban J connectivity index is 3.30. The first kappa shape index (κ1) is 2.69. The van der Waals surface area contributed by atoms with Gasteiger partial charge in [-0.2, -0.15) is 0 Å². The lowest BCUT2D eigenvalue weighted by atomic mass is 10.2. The molecule has 2 nitrogen and oxygen atoms in total. The van der Waals surface area contributed by atoms with Crippen LogP contribution in [0.1, 0.15) is 18.8 Å². The van der Waals surface area contributed by atoms with Crippen LogP contribution < -0.4 is 0 Å². The minimum absolute atomic E-state index is 0.262. The molecule has 48 valence electrons. The van der Waals surface area contributed by atoms with Crippen molar-refractivity contribution in [2.24, 2.45) is 5.92 Å². The summed E-state index contributed by atoms with van der Waals surface area (Å²) < 4.78 is 51.0. The first-order valence-electron chi connectivity index (χ1n) is 4.37. The Bertz CT molecular complexity index is 295. The van der Waals surface area contributed by atoms with E-state index < -0.39 is 27.2 Å². The third-order valence-corrected chi connectivity index (χ3v) is 2.20. The van der Waals surface area contributed by atoms with Crippen molar-refractivity contribution in [3.8, 4) is 0 Å². The lowest BCUT2D eigenvalue weighted by molar-refractivity contribution is 0.599. The first-order valence-corrected chi connectivity index (χ1v) is 3.85. The van der Waals surface area contributed by atoms with Crippen molar-refractivity contribution in [3.63, 3.8) is 0 Å². The molecule has 1 rings (SSSR count). The molecule has 8 heavy (non-hydrogen) atoms. The maximum atomic E-state index is 11.2. The second kappa shape index (κ2) is 1.72. The van der Waals surface area contributed by atoms with Crippen LogP contribution in [0, 0.1) is 5.92 Å². The van der Waals surface area contributed by atoms with E-state index in [0.717, 1.165) is 0 Å². The van der Waals surface area contributed by atoms with Crippen LogP contribution in [0.5, 0.6) is 0 Å². The Hall–Kier alpha value is -0.0500. The molecule has 0 aromatic carbocycles. The molecule has 1 aliphatic rings. The van der Waals surface area contributed by atoms with Gasteiger partial charge in [-0.1, -0.05) is 6.92 Å². The molecule has 0 saturated carbocycles. The van der Waals surface area contributed by atoms with Gasteiger partial charge in [0.05, 0.1) is 11.4 Å². The topological polar surface area (TPSA) is 34.1 Å². The molecule has 1 fully saturated rings. The van der Waals surface area contributed by atoms with Crippen LogP contribution in [0.15, 0.2) is 0 Å². The Kier molecular flexibility index (Phi) is 0.579. The fraction of sp³-hybridized carbons (Fsp3) is 1.00. The van der Waals surface area contributed by atoms with Crippen molar-refractivity contribution in [1.29, 1.82) is 0 Å². The molecule has 1 unspecified atom stereocenters. The summed E-state index contributed by atoms with van der Waals surface area (Å²) in [6.45, 7) is 1.41. The van der Waals surface area contributed by atoms with E-state index in [4.69, 9.17) is 5.48 Å². The molecule has 0 amide bonds. The maximum absolute atomic E-state index is 11.2. The van der Waals surface area contributed by atoms with Gasteiger partial charge >= 0.3 is 0 Å². The molecule has 1 atom stereocenters. The highest BCUT2D eigenvalue weighted by molar-refractivity contribution is 7.91. The molecule has 0 N–H and O–H groups in total. The first-order chi connectivity index (χ1) is 5.13. The predicted molar refractivity (Wildman–Crippen MR) is 32.4 cm³/mol. The van der Waals surface area contributed by atoms with Crippen LogP contribution >= 0.6 is 0 Å². The Labute approximate surface area is 55.4 Å². The van der Waals surface area contributed by atoms with E-state index in [1.165, 1.54) is 6.92 Å². The van der Waals surface area contributed by atoms with Crippen molar-refractivity contribution in [3.05, 3.63) is 0 Å². The quantitative estimate of drug-likeness (QED) is 0.487. The molecule has 0 spiro atoms. The maximum Gasteiger partial charge on any atom is 0.150 e. The van der Waals surface area contributed by atoms with Gasteiger partial charge in [-0.3, -0.25) is 0 Å². The highest BCUT2D eigenvalue weighted by atomic mass is 32.2. The fourth-order valence-electron chi connectivity index (χ4n) is 0.583. The lowest BCUT2D eigenvalue weighted by Gasteiger charge is -1.90. The predicted octanol–water partition coefficient (Wildman–Crippen LogP) is 0.441. The number of hydrogen-bond donors (Lipinski definition) is 0. The molecule has 0 bridgehead atoms. The van der Waals surface area contributed by atoms with Crippen molar-refractivity contribution < 1.29 is 13.9 Å². The van der Waals surface area contributed by atoms with E-state index >= 15 is 0 Å². The Morgan fingerprint density at radius 3 is 2.50 bits per heavy atom. The average Bonchev–Trinajstić information content (AvgIpc) is 1.92. The summed E-state index contributed by atoms with van der Waals surface area (Å²) in [5, 5.41) is 0. The van der Waals surface area contributed by atoms with Crippen LogP contribution in [-0.4, -0.2) is 19.8 Å². The van der Waals surface area contributed by atoms with Gasteiger partial charge in [-0.25, -0.2) is 8.42 Å². The Morgan fingerprint density at radius 1 is 1.75 bits per heavy atom. The fourth-order valence-corrected chi connectivity index (χ4v) is 1.75. The van der Waals surface area contributed by atoms with Crippen molar-refractivity contribution in [2.75, 3.05) is 11.4 Å². The second-order valence-electron chi connectivity index (χ2n) is 1.87. The van der Waals surface area contributed by atoms with Crippen LogP contribution in [0.4, 0.5) is 0 Å². The summed E-state index contributed by atoms with van der Waals surface area (Å²) in [7, 11) is -4.29. The van der Waals surface area contributed by atoms with E-state index in [1.54, 1.807) is 0 Å². The van der Waals surface area contributed by atoms with Gasteiger partial charge in [0.15, 0.2) is 9.84 Å². The average molecular weight is 138 g/mol. The summed E-state index contributed by atoms with van der Waals surface area (Å²) in [6, 6.07) is 0. The van der Waals surface area contributed by atoms with E-state index in [9.17, 15) is 8.42 Å². The largest absolute Gasteiger partial charge is 0.229 e. The minimum atomic E-state index is -4.29. The normalized spacial score (nSPS) is 55.4. The van der Waals surface area contributed by atoms with Crippen molar-refractivity contribution >= 4 is 9.84 Å². The summed E-state index contributed by atoms with van der Waals surface area (Å²) >= 11 is 0. The standard InChI is InChI=1S/C5H10O2S/c1-5-2-3-8(6,7)4-5/h5H,2-4H2,1H3/i3D2,4D2. The highest BCUT2D eigenvalue weighted by Gasteiger charge is 2.23. The zero-order valence-electron chi connectivity index (χ0n) is 8.51. The third-order valence-electron chi connectivity index (χ3n) is 0.936. The Morgan fingerprint density at radius 2 is 2.38 bits per heavy atom. The summed E-state index contributed by atoms with van der Waals surface area (Å²) in [5.74, 6) is -0.780. The van der Waals surface area contributed by atoms with Crippen LogP contribution in [0.3, 0.4) is 0 Å². The van der Waals surface area contributed by atoms with E-state index in [2.05, 4.69) is 0 Å². The number of sulfone groups is 1. The van der Waals surface area contributed by atoms with Crippen molar-refractivity contribution in [2.45, 2.75) is 13.3 Å². The van der Waals surface area contributed by atoms with Crippen LogP contribution in [-0.2, 0) is 9.84 Å². The van der Waals surface area contributed by atoms with Gasteiger partial charge in [0.1, 0.15) is 0 Å². The molecular weight excluding hydrogens is 124 g/mol. The molecule has 1 aliphatic heterocycles. The smallest absolute Gasteiger partial charge is 0.150 e. The molecule has 0 aromatic heterocycles. The SMILES string of the molecule is [2H]C1([2H])CC(C)C([2H])([2H])S1(=O)=O. The van der Waals surface area contributed by atoms with Crippen LogP contribution in [0.25, 0.3) is 0 Å². The number of rotatable bonds is 0. The zero-order chi connectivity index (χ0) is 9.78. The second-order valence-corrected chi connectivity index (χ2v) is 3.40. The molecule has 3 heteroatoms. The monoisotopic (exact) mass is 138 g/mol. The minimum Gasteiger partial charge on any atom is -0.229 e. The van der Waals surface area contributed by atoms with Gasteiger partial charge in [0.25, 0.3) is 0 Å². The summed E-state index contributed by atoms with van der Waals surface area (Å²) in [5.41, 5.74) is -4.83. The molecule has 0 aliphatic carbocycles. The molecule has 1 heterocycles. The van der Waals surface area contributed by atoms with E-state index in [0.29, 0.717) is 0 Å². The molecule has 0 radical (unpaired) electrons. The molecular formula is C5H10O2S. The van der Waals surface area contributed by atoms with E-state index in [1.807, 2.05) is 0 Å². The van der Waals surface area contributed by atoms with Gasteiger partial charge < -0.3 is 0 Å². The summed E-state index contributed by atoms with van der Waals surface area (Å²) in [6.07, 6.45) is -0.262. The van der Waals surface area contributed by atoms with Gasteiger partial charge in [-0.15, -0.1) is 0 Å². The third kappa shape index (κ3) is 1.22.